The number of hydrogen-bond donors (Lipinski definition) is 0. The second-order valence-corrected chi connectivity index (χ2v) is 3.91. The SMILES string of the molecule is CSc1ccnc2ccsc12. The molecule has 2 rings (SSSR count). The molecule has 0 aliphatic rings. The molecule has 0 aliphatic carbocycles. The molecule has 0 saturated carbocycles. The predicted octanol–water partition coefficient (Wildman–Crippen LogP) is 3.02. The quantitative estimate of drug-likeness (QED) is 0.627. The number of pyridine rings is 1. The van der Waals surface area contributed by atoms with E-state index in [4.69, 9.17) is 0 Å². The first kappa shape index (κ1) is 7.13. The van der Waals surface area contributed by atoms with Crippen molar-refractivity contribution in [2.24, 2.45) is 0 Å². The van der Waals surface area contributed by atoms with E-state index in [1.165, 1.54) is 9.60 Å². The van der Waals surface area contributed by atoms with Gasteiger partial charge in [-0.2, -0.15) is 0 Å². The van der Waals surface area contributed by atoms with Crippen LogP contribution in [-0.2, 0) is 0 Å². The minimum absolute atomic E-state index is 1.11. The van der Waals surface area contributed by atoms with Crippen molar-refractivity contribution in [3.8, 4) is 0 Å². The smallest absolute Gasteiger partial charge is 0.0821 e. The van der Waals surface area contributed by atoms with Crippen molar-refractivity contribution in [1.29, 1.82) is 0 Å². The fourth-order valence-electron chi connectivity index (χ4n) is 1.01. The monoisotopic (exact) mass is 181 g/mol. The molecule has 56 valence electrons. The van der Waals surface area contributed by atoms with Gasteiger partial charge in [0.05, 0.1) is 10.2 Å². The molecule has 3 heteroatoms. The third-order valence-corrected chi connectivity index (χ3v) is 3.37. The number of thioether (sulfide) groups is 1. The number of fused-ring (bicyclic) bond motifs is 1. The van der Waals surface area contributed by atoms with Crippen LogP contribution in [0.15, 0.2) is 28.6 Å². The lowest BCUT2D eigenvalue weighted by atomic mass is 10.4. The first-order valence-electron chi connectivity index (χ1n) is 3.28. The summed E-state index contributed by atoms with van der Waals surface area (Å²) in [5, 5.41) is 2.08. The molecular weight excluding hydrogens is 174 g/mol. The number of hydrogen-bond acceptors (Lipinski definition) is 3. The molecule has 0 saturated heterocycles. The van der Waals surface area contributed by atoms with Crippen molar-refractivity contribution in [1.82, 2.24) is 4.98 Å². The van der Waals surface area contributed by atoms with Gasteiger partial charge in [0.25, 0.3) is 0 Å². The summed E-state index contributed by atoms with van der Waals surface area (Å²) >= 11 is 3.53. The van der Waals surface area contributed by atoms with Crippen LogP contribution in [0.25, 0.3) is 10.2 Å². The van der Waals surface area contributed by atoms with E-state index in [-0.39, 0.29) is 0 Å². The fourth-order valence-corrected chi connectivity index (χ4v) is 2.65. The van der Waals surface area contributed by atoms with Crippen molar-refractivity contribution in [3.63, 3.8) is 0 Å². The first-order valence-corrected chi connectivity index (χ1v) is 5.38. The molecule has 0 unspecified atom stereocenters. The van der Waals surface area contributed by atoms with Crippen LogP contribution in [0.4, 0.5) is 0 Å². The zero-order valence-electron chi connectivity index (χ0n) is 6.07. The average molecular weight is 181 g/mol. The van der Waals surface area contributed by atoms with Crippen LogP contribution in [0.5, 0.6) is 0 Å². The second kappa shape index (κ2) is 2.83. The maximum Gasteiger partial charge on any atom is 0.0821 e. The molecule has 0 atom stereocenters. The van der Waals surface area contributed by atoms with Gasteiger partial charge in [-0.25, -0.2) is 0 Å². The van der Waals surface area contributed by atoms with Crippen LogP contribution in [0.1, 0.15) is 0 Å². The lowest BCUT2D eigenvalue weighted by Gasteiger charge is -1.95. The van der Waals surface area contributed by atoms with Crippen molar-refractivity contribution in [3.05, 3.63) is 23.7 Å². The van der Waals surface area contributed by atoms with E-state index in [0.29, 0.717) is 0 Å². The Morgan fingerprint density at radius 1 is 1.45 bits per heavy atom. The number of nitrogens with zero attached hydrogens (tertiary/aromatic N) is 1. The molecule has 0 fully saturated rings. The zero-order chi connectivity index (χ0) is 7.68. The highest BCUT2D eigenvalue weighted by Crippen LogP contribution is 2.28. The molecule has 0 amide bonds. The van der Waals surface area contributed by atoms with Gasteiger partial charge in [-0.05, 0) is 23.8 Å². The summed E-state index contributed by atoms with van der Waals surface area (Å²) in [6.45, 7) is 0. The van der Waals surface area contributed by atoms with Crippen LogP contribution in [0.2, 0.25) is 0 Å². The highest BCUT2D eigenvalue weighted by Gasteiger charge is 1.99. The van der Waals surface area contributed by atoms with E-state index in [1.54, 1.807) is 23.1 Å². The van der Waals surface area contributed by atoms with Gasteiger partial charge < -0.3 is 0 Å². The van der Waals surface area contributed by atoms with Crippen LogP contribution in [0.3, 0.4) is 0 Å². The van der Waals surface area contributed by atoms with E-state index in [1.807, 2.05) is 6.20 Å². The second-order valence-electron chi connectivity index (χ2n) is 2.15. The van der Waals surface area contributed by atoms with Gasteiger partial charge in [-0.1, -0.05) is 0 Å². The van der Waals surface area contributed by atoms with E-state index in [9.17, 15) is 0 Å². The zero-order valence-corrected chi connectivity index (χ0v) is 7.71. The summed E-state index contributed by atoms with van der Waals surface area (Å²) < 4.78 is 1.31. The van der Waals surface area contributed by atoms with Crippen molar-refractivity contribution < 1.29 is 0 Å². The minimum Gasteiger partial charge on any atom is -0.255 e. The van der Waals surface area contributed by atoms with Gasteiger partial charge in [-0.3, -0.25) is 4.98 Å². The Bertz CT molecular complexity index is 367. The summed E-state index contributed by atoms with van der Waals surface area (Å²) in [6, 6.07) is 4.11. The number of rotatable bonds is 1. The molecule has 0 N–H and O–H groups in total. The molecule has 0 radical (unpaired) electrons. The fraction of sp³-hybridized carbons (Fsp3) is 0.125. The van der Waals surface area contributed by atoms with Gasteiger partial charge >= 0.3 is 0 Å². The standard InChI is InChI=1S/C8H7NS2/c1-10-7-2-4-9-6-3-5-11-8(6)7/h2-5H,1H3. The van der Waals surface area contributed by atoms with E-state index >= 15 is 0 Å². The van der Waals surface area contributed by atoms with Gasteiger partial charge in [0, 0.05) is 11.1 Å². The Labute approximate surface area is 73.5 Å². The molecule has 2 aromatic rings. The summed E-state index contributed by atoms with van der Waals surface area (Å²) in [4.78, 5) is 5.57. The van der Waals surface area contributed by atoms with Gasteiger partial charge in [-0.15, -0.1) is 23.1 Å². The minimum atomic E-state index is 1.11. The largest absolute Gasteiger partial charge is 0.255 e. The molecule has 1 nitrogen and oxygen atoms in total. The Kier molecular flexibility index (Phi) is 1.84. The molecule has 11 heavy (non-hydrogen) atoms. The highest BCUT2D eigenvalue weighted by atomic mass is 32.2. The van der Waals surface area contributed by atoms with Crippen LogP contribution in [0, 0.1) is 0 Å². The molecule has 0 aliphatic heterocycles. The lowest BCUT2D eigenvalue weighted by Crippen LogP contribution is -1.73. The van der Waals surface area contributed by atoms with E-state index in [0.717, 1.165) is 5.52 Å². The lowest BCUT2D eigenvalue weighted by molar-refractivity contribution is 1.38. The maximum absolute atomic E-state index is 4.25. The molecule has 2 heterocycles. The molecule has 0 bridgehead atoms. The first-order chi connectivity index (χ1) is 5.42. The highest BCUT2D eigenvalue weighted by molar-refractivity contribution is 7.99. The summed E-state index contributed by atoms with van der Waals surface area (Å²) in [6.07, 6.45) is 3.95. The normalized spacial score (nSPS) is 10.6. The Morgan fingerprint density at radius 2 is 2.36 bits per heavy atom. The summed E-state index contributed by atoms with van der Waals surface area (Å²) in [5.74, 6) is 0. The summed E-state index contributed by atoms with van der Waals surface area (Å²) in [7, 11) is 0. The Hall–Kier alpha value is -0.540. The van der Waals surface area contributed by atoms with Crippen LogP contribution >= 0.6 is 23.1 Å². The van der Waals surface area contributed by atoms with Crippen LogP contribution in [-0.4, -0.2) is 11.2 Å². The summed E-state index contributed by atoms with van der Waals surface area (Å²) in [5.41, 5.74) is 1.11. The van der Waals surface area contributed by atoms with Crippen molar-refractivity contribution >= 4 is 33.3 Å². The molecular formula is C8H7NS2. The molecule has 0 spiro atoms. The third-order valence-electron chi connectivity index (χ3n) is 1.53. The van der Waals surface area contributed by atoms with Gasteiger partial charge in [0.2, 0.25) is 0 Å². The van der Waals surface area contributed by atoms with Crippen LogP contribution < -0.4 is 0 Å². The molecule has 2 aromatic heterocycles. The Morgan fingerprint density at radius 3 is 3.18 bits per heavy atom. The number of aromatic nitrogens is 1. The maximum atomic E-state index is 4.25. The third kappa shape index (κ3) is 1.14. The predicted molar refractivity (Wildman–Crippen MR) is 51.4 cm³/mol. The van der Waals surface area contributed by atoms with Crippen molar-refractivity contribution in [2.45, 2.75) is 4.90 Å². The van der Waals surface area contributed by atoms with Gasteiger partial charge in [0.1, 0.15) is 0 Å². The van der Waals surface area contributed by atoms with E-state index < -0.39 is 0 Å². The van der Waals surface area contributed by atoms with Crippen molar-refractivity contribution in [2.75, 3.05) is 6.26 Å². The number of thiophene rings is 1. The van der Waals surface area contributed by atoms with E-state index in [2.05, 4.69) is 28.8 Å². The topological polar surface area (TPSA) is 12.9 Å². The Balaban J connectivity index is 2.79. The average Bonchev–Trinajstić information content (AvgIpc) is 2.50. The molecule has 0 aromatic carbocycles. The van der Waals surface area contributed by atoms with Gasteiger partial charge in [0.15, 0.2) is 0 Å².